The lowest BCUT2D eigenvalue weighted by Crippen LogP contribution is -2.29. The van der Waals surface area contributed by atoms with Crippen LogP contribution in [0.3, 0.4) is 0 Å². The van der Waals surface area contributed by atoms with Crippen LogP contribution >= 0.6 is 23.2 Å². The summed E-state index contributed by atoms with van der Waals surface area (Å²) < 4.78 is 26.6. The quantitative estimate of drug-likeness (QED) is 0.929. The first-order chi connectivity index (χ1) is 8.86. The Hall–Kier alpha value is -0.330. The van der Waals surface area contributed by atoms with Gasteiger partial charge in [-0.3, -0.25) is 0 Å². The zero-order valence-electron chi connectivity index (χ0n) is 10.6. The first-order valence-electron chi connectivity index (χ1n) is 6.04. The number of hydrogen-bond acceptors (Lipinski definition) is 3. The normalized spacial score (nSPS) is 20.9. The van der Waals surface area contributed by atoms with E-state index in [0.717, 1.165) is 6.42 Å². The summed E-state index contributed by atoms with van der Waals surface area (Å²) in [5, 5.41) is 0.502. The summed E-state index contributed by atoms with van der Waals surface area (Å²) in [5.41, 5.74) is 6.10. The number of hydrogen-bond donors (Lipinski definition) is 1. The molecule has 1 aliphatic heterocycles. The Kier molecular flexibility index (Phi) is 4.42. The summed E-state index contributed by atoms with van der Waals surface area (Å²) in [7, 11) is -3.60. The van der Waals surface area contributed by atoms with Crippen LogP contribution in [-0.2, 0) is 16.6 Å². The van der Waals surface area contributed by atoms with Gasteiger partial charge in [0.15, 0.2) is 0 Å². The van der Waals surface area contributed by atoms with Gasteiger partial charge in [0.25, 0.3) is 0 Å². The third-order valence-corrected chi connectivity index (χ3v) is 5.97. The fraction of sp³-hybridized carbons (Fsp3) is 0.500. The molecular weight excluding hydrogens is 307 g/mol. The van der Waals surface area contributed by atoms with Crippen molar-refractivity contribution >= 4 is 33.2 Å². The van der Waals surface area contributed by atoms with Gasteiger partial charge in [-0.15, -0.1) is 0 Å². The fourth-order valence-corrected chi connectivity index (χ4v) is 4.70. The highest BCUT2D eigenvalue weighted by molar-refractivity contribution is 7.89. The van der Waals surface area contributed by atoms with Crippen LogP contribution in [0.2, 0.25) is 10.0 Å². The summed E-state index contributed by atoms with van der Waals surface area (Å²) in [4.78, 5) is 0.0521. The van der Waals surface area contributed by atoms with Crippen LogP contribution in [0.1, 0.15) is 18.9 Å². The van der Waals surface area contributed by atoms with E-state index in [1.807, 2.05) is 6.92 Å². The standard InChI is InChI=1S/C12H16Cl2N2O2S/c1-8-2-3-16(7-8)19(17,18)11-5-10(13)4-9(6-15)12(11)14/h4-5,8H,2-3,6-7,15H2,1H3. The highest BCUT2D eigenvalue weighted by Gasteiger charge is 2.32. The van der Waals surface area contributed by atoms with E-state index in [2.05, 4.69) is 0 Å². The Morgan fingerprint density at radius 3 is 2.63 bits per heavy atom. The third kappa shape index (κ3) is 2.90. The second-order valence-electron chi connectivity index (χ2n) is 4.84. The molecule has 0 amide bonds. The number of benzene rings is 1. The van der Waals surface area contributed by atoms with Gasteiger partial charge >= 0.3 is 0 Å². The first kappa shape index (κ1) is 15.1. The molecule has 1 fully saturated rings. The van der Waals surface area contributed by atoms with E-state index in [1.54, 1.807) is 6.07 Å². The Morgan fingerprint density at radius 1 is 1.42 bits per heavy atom. The van der Waals surface area contributed by atoms with E-state index in [9.17, 15) is 8.42 Å². The van der Waals surface area contributed by atoms with E-state index < -0.39 is 10.0 Å². The number of halogens is 2. The van der Waals surface area contributed by atoms with Crippen molar-refractivity contribution in [3.05, 3.63) is 27.7 Å². The minimum absolute atomic E-state index is 0.0521. The minimum Gasteiger partial charge on any atom is -0.326 e. The lowest BCUT2D eigenvalue weighted by molar-refractivity contribution is 0.464. The molecule has 2 N–H and O–H groups in total. The fourth-order valence-electron chi connectivity index (χ4n) is 2.21. The summed E-state index contributed by atoms with van der Waals surface area (Å²) in [6, 6.07) is 2.98. The molecule has 0 aliphatic carbocycles. The van der Waals surface area contributed by atoms with Crippen LogP contribution in [-0.4, -0.2) is 25.8 Å². The van der Waals surface area contributed by atoms with Crippen molar-refractivity contribution in [2.45, 2.75) is 24.8 Å². The Morgan fingerprint density at radius 2 is 2.11 bits per heavy atom. The zero-order chi connectivity index (χ0) is 14.2. The van der Waals surface area contributed by atoms with Crippen LogP contribution in [0, 0.1) is 5.92 Å². The highest BCUT2D eigenvalue weighted by atomic mass is 35.5. The maximum Gasteiger partial charge on any atom is 0.244 e. The number of rotatable bonds is 3. The smallest absolute Gasteiger partial charge is 0.244 e. The van der Waals surface area contributed by atoms with Crippen LogP contribution in [0.5, 0.6) is 0 Å². The van der Waals surface area contributed by atoms with Crippen LogP contribution in [0.25, 0.3) is 0 Å². The molecule has 4 nitrogen and oxygen atoms in total. The average molecular weight is 323 g/mol. The molecule has 0 aromatic heterocycles. The molecule has 0 radical (unpaired) electrons. The van der Waals surface area contributed by atoms with Crippen LogP contribution in [0.4, 0.5) is 0 Å². The predicted molar refractivity (Wildman–Crippen MR) is 76.9 cm³/mol. The van der Waals surface area contributed by atoms with Gasteiger partial charge in [0.2, 0.25) is 10.0 Å². The van der Waals surface area contributed by atoms with Crippen molar-refractivity contribution < 1.29 is 8.42 Å². The molecule has 1 heterocycles. The Balaban J connectivity index is 2.49. The number of nitrogens with two attached hydrogens (primary N) is 1. The molecule has 106 valence electrons. The van der Waals surface area contributed by atoms with E-state index in [0.29, 0.717) is 29.6 Å². The highest BCUT2D eigenvalue weighted by Crippen LogP contribution is 2.33. The van der Waals surface area contributed by atoms with E-state index in [-0.39, 0.29) is 16.5 Å². The summed E-state index contributed by atoms with van der Waals surface area (Å²) in [6.45, 7) is 3.21. The Bertz CT molecular complexity index is 590. The largest absolute Gasteiger partial charge is 0.326 e. The molecule has 1 aromatic carbocycles. The van der Waals surface area contributed by atoms with Crippen molar-refractivity contribution in [1.82, 2.24) is 4.31 Å². The molecule has 0 saturated carbocycles. The van der Waals surface area contributed by atoms with Crippen molar-refractivity contribution in [3.8, 4) is 0 Å². The minimum atomic E-state index is -3.60. The molecule has 1 atom stereocenters. The molecule has 0 spiro atoms. The SMILES string of the molecule is CC1CCN(S(=O)(=O)c2cc(Cl)cc(CN)c2Cl)C1. The van der Waals surface area contributed by atoms with Gasteiger partial charge in [0, 0.05) is 24.7 Å². The second kappa shape index (κ2) is 5.58. The Labute approximate surface area is 123 Å². The molecular formula is C12H16Cl2N2O2S. The molecule has 19 heavy (non-hydrogen) atoms. The van der Waals surface area contributed by atoms with Crippen LogP contribution < -0.4 is 5.73 Å². The lowest BCUT2D eigenvalue weighted by Gasteiger charge is -2.18. The molecule has 1 aliphatic rings. The summed E-state index contributed by atoms with van der Waals surface area (Å²) >= 11 is 12.1. The zero-order valence-corrected chi connectivity index (χ0v) is 12.9. The van der Waals surface area contributed by atoms with E-state index in [4.69, 9.17) is 28.9 Å². The third-order valence-electron chi connectivity index (χ3n) is 3.30. The molecule has 1 saturated heterocycles. The summed E-state index contributed by atoms with van der Waals surface area (Å²) in [6.07, 6.45) is 0.862. The molecule has 2 rings (SSSR count). The van der Waals surface area contributed by atoms with Crippen molar-refractivity contribution in [1.29, 1.82) is 0 Å². The van der Waals surface area contributed by atoms with Crippen molar-refractivity contribution in [2.24, 2.45) is 11.7 Å². The van der Waals surface area contributed by atoms with Gasteiger partial charge in [0.05, 0.1) is 5.02 Å². The molecule has 1 aromatic rings. The number of sulfonamides is 1. The van der Waals surface area contributed by atoms with Gasteiger partial charge in [-0.1, -0.05) is 30.1 Å². The van der Waals surface area contributed by atoms with Gasteiger partial charge in [-0.2, -0.15) is 4.31 Å². The monoisotopic (exact) mass is 322 g/mol. The molecule has 1 unspecified atom stereocenters. The second-order valence-corrected chi connectivity index (χ2v) is 7.56. The van der Waals surface area contributed by atoms with Gasteiger partial charge in [-0.25, -0.2) is 8.42 Å². The van der Waals surface area contributed by atoms with Crippen molar-refractivity contribution in [3.63, 3.8) is 0 Å². The van der Waals surface area contributed by atoms with Gasteiger partial charge in [0.1, 0.15) is 4.90 Å². The lowest BCUT2D eigenvalue weighted by atomic mass is 10.2. The first-order valence-corrected chi connectivity index (χ1v) is 8.24. The van der Waals surface area contributed by atoms with Gasteiger partial charge in [-0.05, 0) is 30.0 Å². The van der Waals surface area contributed by atoms with E-state index in [1.165, 1.54) is 10.4 Å². The van der Waals surface area contributed by atoms with Crippen LogP contribution in [0.15, 0.2) is 17.0 Å². The maximum absolute atomic E-state index is 12.6. The molecule has 0 bridgehead atoms. The summed E-state index contributed by atoms with van der Waals surface area (Å²) in [5.74, 6) is 0.363. The number of nitrogens with zero attached hydrogens (tertiary/aromatic N) is 1. The average Bonchev–Trinajstić information content (AvgIpc) is 2.79. The van der Waals surface area contributed by atoms with Crippen molar-refractivity contribution in [2.75, 3.05) is 13.1 Å². The topological polar surface area (TPSA) is 63.4 Å². The predicted octanol–water partition coefficient (Wildman–Crippen LogP) is 2.48. The van der Waals surface area contributed by atoms with Gasteiger partial charge < -0.3 is 5.73 Å². The maximum atomic E-state index is 12.6. The van der Waals surface area contributed by atoms with E-state index >= 15 is 0 Å². The molecule has 7 heteroatoms.